The lowest BCUT2D eigenvalue weighted by atomic mass is 10.2. The van der Waals surface area contributed by atoms with Crippen LogP contribution in [0.25, 0.3) is 0 Å². The van der Waals surface area contributed by atoms with Crippen LogP contribution in [-0.4, -0.2) is 22.7 Å². The van der Waals surface area contributed by atoms with Gasteiger partial charge in [-0.3, -0.25) is 9.69 Å². The Morgan fingerprint density at radius 2 is 2.00 bits per heavy atom. The molecule has 0 bridgehead atoms. The maximum atomic E-state index is 12.1. The molecule has 3 rings (SSSR count). The number of carbonyl (C=O) groups is 2. The van der Waals surface area contributed by atoms with E-state index < -0.39 is 5.97 Å². The number of carbonyl (C=O) groups excluding carboxylic acids is 1. The molecule has 1 aromatic carbocycles. The van der Waals surface area contributed by atoms with Gasteiger partial charge in [0, 0.05) is 10.6 Å². The molecule has 1 aromatic heterocycles. The largest absolute Gasteiger partial charge is 0.478 e. The number of thioether (sulfide) groups is 1. The maximum Gasteiger partial charge on any atom is 0.335 e. The first kappa shape index (κ1) is 13.2. The second-order valence-electron chi connectivity index (χ2n) is 4.29. The third-order valence-electron chi connectivity index (χ3n) is 3.05. The molecule has 0 radical (unpaired) electrons. The van der Waals surface area contributed by atoms with Gasteiger partial charge in [-0.1, -0.05) is 6.07 Å². The summed E-state index contributed by atoms with van der Waals surface area (Å²) in [7, 11) is 0. The molecule has 1 aliphatic rings. The molecule has 0 spiro atoms. The molecular weight excluding hydrogens is 294 g/mol. The number of anilines is 1. The number of rotatable bonds is 3. The topological polar surface area (TPSA) is 57.6 Å². The highest BCUT2D eigenvalue weighted by molar-refractivity contribution is 8.01. The van der Waals surface area contributed by atoms with Gasteiger partial charge in [0.25, 0.3) is 0 Å². The maximum absolute atomic E-state index is 12.1. The molecule has 2 aromatic rings. The highest BCUT2D eigenvalue weighted by Gasteiger charge is 2.34. The number of thiophene rings is 1. The summed E-state index contributed by atoms with van der Waals surface area (Å²) in [5.41, 5.74) is 0.962. The number of amides is 1. The fraction of sp³-hybridized carbons (Fsp3) is 0.143. The van der Waals surface area contributed by atoms with Crippen LogP contribution in [0.3, 0.4) is 0 Å². The molecule has 102 valence electrons. The van der Waals surface area contributed by atoms with Crippen LogP contribution in [0.15, 0.2) is 41.8 Å². The van der Waals surface area contributed by atoms with Crippen molar-refractivity contribution in [3.05, 3.63) is 52.2 Å². The Balaban J connectivity index is 1.93. The molecule has 1 unspecified atom stereocenters. The molecular formula is C14H11NO3S2. The quantitative estimate of drug-likeness (QED) is 0.946. The molecule has 0 saturated carbocycles. The van der Waals surface area contributed by atoms with Gasteiger partial charge in [0.15, 0.2) is 0 Å². The normalized spacial score (nSPS) is 18.5. The number of hydrogen-bond donors (Lipinski definition) is 1. The molecule has 2 heterocycles. The van der Waals surface area contributed by atoms with Gasteiger partial charge in [0.1, 0.15) is 5.37 Å². The Morgan fingerprint density at radius 3 is 2.60 bits per heavy atom. The predicted molar refractivity (Wildman–Crippen MR) is 80.4 cm³/mol. The van der Waals surface area contributed by atoms with Crippen LogP contribution < -0.4 is 4.90 Å². The monoisotopic (exact) mass is 305 g/mol. The van der Waals surface area contributed by atoms with Gasteiger partial charge in [-0.25, -0.2) is 4.79 Å². The second kappa shape index (κ2) is 5.30. The van der Waals surface area contributed by atoms with E-state index >= 15 is 0 Å². The van der Waals surface area contributed by atoms with Crippen molar-refractivity contribution >= 4 is 40.7 Å². The minimum atomic E-state index is -0.964. The van der Waals surface area contributed by atoms with E-state index in [4.69, 9.17) is 5.11 Å². The molecule has 1 aliphatic heterocycles. The Hall–Kier alpha value is -1.79. The number of aromatic carboxylic acids is 1. The first-order valence-electron chi connectivity index (χ1n) is 5.97. The van der Waals surface area contributed by atoms with Crippen LogP contribution >= 0.6 is 23.1 Å². The number of nitrogens with zero attached hydrogens (tertiary/aromatic N) is 1. The van der Waals surface area contributed by atoms with Crippen LogP contribution in [0.2, 0.25) is 0 Å². The first-order chi connectivity index (χ1) is 9.66. The minimum absolute atomic E-state index is 0.0156. The first-order valence-corrected chi connectivity index (χ1v) is 7.90. The van der Waals surface area contributed by atoms with Gasteiger partial charge in [0.05, 0.1) is 11.3 Å². The van der Waals surface area contributed by atoms with Gasteiger partial charge >= 0.3 is 5.97 Å². The lowest BCUT2D eigenvalue weighted by Crippen LogP contribution is -2.27. The average molecular weight is 305 g/mol. The van der Waals surface area contributed by atoms with E-state index in [9.17, 15) is 9.59 Å². The second-order valence-corrected chi connectivity index (χ2v) is 6.34. The van der Waals surface area contributed by atoms with Crippen molar-refractivity contribution in [2.75, 3.05) is 10.7 Å². The van der Waals surface area contributed by atoms with Gasteiger partial charge in [-0.2, -0.15) is 0 Å². The van der Waals surface area contributed by atoms with Crippen LogP contribution in [0.1, 0.15) is 20.6 Å². The lowest BCUT2D eigenvalue weighted by molar-refractivity contribution is -0.115. The van der Waals surface area contributed by atoms with Crippen molar-refractivity contribution in [3.8, 4) is 0 Å². The van der Waals surface area contributed by atoms with E-state index in [1.165, 1.54) is 12.1 Å². The van der Waals surface area contributed by atoms with Crippen molar-refractivity contribution in [1.82, 2.24) is 0 Å². The Labute approximate surface area is 124 Å². The van der Waals surface area contributed by atoms with Gasteiger partial charge in [-0.05, 0) is 35.7 Å². The summed E-state index contributed by atoms with van der Waals surface area (Å²) in [6.07, 6.45) is 0. The van der Waals surface area contributed by atoms with Crippen molar-refractivity contribution in [3.63, 3.8) is 0 Å². The molecule has 1 atom stereocenters. The summed E-state index contributed by atoms with van der Waals surface area (Å²) in [4.78, 5) is 25.8. The summed E-state index contributed by atoms with van der Waals surface area (Å²) < 4.78 is 0. The van der Waals surface area contributed by atoms with Gasteiger partial charge in [0.2, 0.25) is 5.91 Å². The summed E-state index contributed by atoms with van der Waals surface area (Å²) >= 11 is 3.21. The molecule has 1 amide bonds. The molecule has 0 aliphatic carbocycles. The van der Waals surface area contributed by atoms with Gasteiger partial charge < -0.3 is 5.11 Å². The molecule has 1 fully saturated rings. The summed E-state index contributed by atoms with van der Waals surface area (Å²) in [5, 5.41) is 10.9. The Kier molecular flexibility index (Phi) is 3.50. The van der Waals surface area contributed by atoms with E-state index in [-0.39, 0.29) is 16.8 Å². The molecule has 20 heavy (non-hydrogen) atoms. The third kappa shape index (κ3) is 2.32. The van der Waals surface area contributed by atoms with Crippen LogP contribution in [0.4, 0.5) is 5.69 Å². The van der Waals surface area contributed by atoms with E-state index in [1.807, 2.05) is 17.5 Å². The zero-order chi connectivity index (χ0) is 14.1. The fourth-order valence-electron chi connectivity index (χ4n) is 2.11. The van der Waals surface area contributed by atoms with Crippen LogP contribution in [0.5, 0.6) is 0 Å². The summed E-state index contributed by atoms with van der Waals surface area (Å²) in [6.45, 7) is 0. The molecule has 1 saturated heterocycles. The number of benzene rings is 1. The lowest BCUT2D eigenvalue weighted by Gasteiger charge is -2.23. The van der Waals surface area contributed by atoms with Crippen molar-refractivity contribution < 1.29 is 14.7 Å². The minimum Gasteiger partial charge on any atom is -0.478 e. The number of hydrogen-bond acceptors (Lipinski definition) is 4. The van der Waals surface area contributed by atoms with E-state index in [0.29, 0.717) is 5.75 Å². The SMILES string of the molecule is O=C(O)c1ccc(N2C(=O)CSC2c2cccs2)cc1. The van der Waals surface area contributed by atoms with Crippen molar-refractivity contribution in [2.45, 2.75) is 5.37 Å². The van der Waals surface area contributed by atoms with Crippen LogP contribution in [0, 0.1) is 0 Å². The average Bonchev–Trinajstić information content (AvgIpc) is 3.07. The highest BCUT2D eigenvalue weighted by Crippen LogP contribution is 2.43. The highest BCUT2D eigenvalue weighted by atomic mass is 32.2. The van der Waals surface area contributed by atoms with E-state index in [1.54, 1.807) is 40.1 Å². The fourth-order valence-corrected chi connectivity index (χ4v) is 4.24. The zero-order valence-electron chi connectivity index (χ0n) is 10.4. The predicted octanol–water partition coefficient (Wildman–Crippen LogP) is 3.22. The summed E-state index contributed by atoms with van der Waals surface area (Å²) in [6, 6.07) is 10.4. The molecule has 6 heteroatoms. The van der Waals surface area contributed by atoms with Crippen LogP contribution in [-0.2, 0) is 4.79 Å². The van der Waals surface area contributed by atoms with Crippen molar-refractivity contribution in [2.24, 2.45) is 0 Å². The van der Waals surface area contributed by atoms with E-state index in [2.05, 4.69) is 0 Å². The molecule has 1 N–H and O–H groups in total. The molecule has 4 nitrogen and oxygen atoms in total. The van der Waals surface area contributed by atoms with Crippen molar-refractivity contribution in [1.29, 1.82) is 0 Å². The van der Waals surface area contributed by atoms with Gasteiger partial charge in [-0.15, -0.1) is 23.1 Å². The third-order valence-corrected chi connectivity index (χ3v) is 5.31. The Morgan fingerprint density at radius 1 is 1.25 bits per heavy atom. The van der Waals surface area contributed by atoms with E-state index in [0.717, 1.165) is 10.6 Å². The summed E-state index contributed by atoms with van der Waals surface area (Å²) in [5.74, 6) is -0.464. The zero-order valence-corrected chi connectivity index (χ0v) is 12.0. The smallest absolute Gasteiger partial charge is 0.335 e. The number of carboxylic acid groups (broad SMARTS) is 1. The standard InChI is InChI=1S/C14H11NO3S2/c16-12-8-20-13(11-2-1-7-19-11)15(12)10-5-3-9(4-6-10)14(17)18/h1-7,13H,8H2,(H,17,18). The Bertz CT molecular complexity index is 637. The number of carboxylic acids is 1.